The van der Waals surface area contributed by atoms with Gasteiger partial charge in [-0.2, -0.15) is 0 Å². The first kappa shape index (κ1) is 15.4. The molecule has 0 aromatic carbocycles. The third-order valence-corrected chi connectivity index (χ3v) is 6.32. The lowest BCUT2D eigenvalue weighted by Gasteiger charge is -2.37. The highest BCUT2D eigenvalue weighted by Crippen LogP contribution is 2.40. The number of hydrogen-bond acceptors (Lipinski definition) is 1. The van der Waals surface area contributed by atoms with Crippen LogP contribution in [0.3, 0.4) is 0 Å². The Morgan fingerprint density at radius 3 is 1.57 bits per heavy atom. The molecular formula is C19H33NO. The minimum atomic E-state index is 0.339. The molecule has 0 heterocycles. The van der Waals surface area contributed by atoms with E-state index in [2.05, 4.69) is 5.32 Å². The van der Waals surface area contributed by atoms with Gasteiger partial charge in [0.25, 0.3) is 0 Å². The average Bonchev–Trinajstić information content (AvgIpc) is 3.02. The van der Waals surface area contributed by atoms with E-state index in [1.54, 1.807) is 0 Å². The third-order valence-electron chi connectivity index (χ3n) is 6.32. The lowest BCUT2D eigenvalue weighted by Crippen LogP contribution is -2.44. The van der Waals surface area contributed by atoms with Gasteiger partial charge >= 0.3 is 0 Å². The molecule has 21 heavy (non-hydrogen) atoms. The number of carbonyl (C=O) groups excluding carboxylic acids is 1. The zero-order valence-corrected chi connectivity index (χ0v) is 13.6. The molecule has 0 aromatic heterocycles. The minimum Gasteiger partial charge on any atom is -0.353 e. The second-order valence-corrected chi connectivity index (χ2v) is 7.81. The van der Waals surface area contributed by atoms with Gasteiger partial charge in [-0.15, -0.1) is 0 Å². The van der Waals surface area contributed by atoms with Crippen LogP contribution in [0.25, 0.3) is 0 Å². The SMILES string of the molecule is O=C(NC1CCCC1)C(C1CCCCC1)C1CCCCC1. The normalized spacial score (nSPS) is 26.3. The summed E-state index contributed by atoms with van der Waals surface area (Å²) in [6.07, 6.45) is 18.4. The molecule has 1 N–H and O–H groups in total. The van der Waals surface area contributed by atoms with Crippen molar-refractivity contribution >= 4 is 5.91 Å². The zero-order valence-electron chi connectivity index (χ0n) is 13.6. The molecule has 0 aliphatic heterocycles. The van der Waals surface area contributed by atoms with Crippen molar-refractivity contribution in [3.63, 3.8) is 0 Å². The Morgan fingerprint density at radius 2 is 1.10 bits per heavy atom. The van der Waals surface area contributed by atoms with Gasteiger partial charge in [-0.3, -0.25) is 4.79 Å². The van der Waals surface area contributed by atoms with E-state index in [1.807, 2.05) is 0 Å². The van der Waals surface area contributed by atoms with E-state index < -0.39 is 0 Å². The van der Waals surface area contributed by atoms with Gasteiger partial charge in [0.1, 0.15) is 0 Å². The van der Waals surface area contributed by atoms with E-state index in [1.165, 1.54) is 89.9 Å². The highest BCUT2D eigenvalue weighted by Gasteiger charge is 2.37. The van der Waals surface area contributed by atoms with E-state index >= 15 is 0 Å². The lowest BCUT2D eigenvalue weighted by atomic mass is 9.69. The van der Waals surface area contributed by atoms with Crippen molar-refractivity contribution in [1.82, 2.24) is 5.32 Å². The van der Waals surface area contributed by atoms with Crippen molar-refractivity contribution in [1.29, 1.82) is 0 Å². The van der Waals surface area contributed by atoms with E-state index in [9.17, 15) is 4.79 Å². The van der Waals surface area contributed by atoms with Crippen LogP contribution in [0.5, 0.6) is 0 Å². The summed E-state index contributed by atoms with van der Waals surface area (Å²) in [7, 11) is 0. The van der Waals surface area contributed by atoms with Gasteiger partial charge in [0.2, 0.25) is 5.91 Å². The van der Waals surface area contributed by atoms with Crippen molar-refractivity contribution in [2.45, 2.75) is 95.9 Å². The molecule has 0 aromatic rings. The molecule has 0 atom stereocenters. The Balaban J connectivity index is 1.65. The number of carbonyl (C=O) groups is 1. The summed E-state index contributed by atoms with van der Waals surface area (Å²) < 4.78 is 0. The molecule has 0 bridgehead atoms. The van der Waals surface area contributed by atoms with Crippen molar-refractivity contribution < 1.29 is 4.79 Å². The standard InChI is InChI=1S/C19H33NO/c21-19(20-17-13-7-8-14-17)18(15-9-3-1-4-10-15)16-11-5-2-6-12-16/h15-18H,1-14H2,(H,20,21). The Bertz CT molecular complexity index is 304. The summed E-state index contributed by atoms with van der Waals surface area (Å²) in [6.45, 7) is 0. The van der Waals surface area contributed by atoms with Gasteiger partial charge in [-0.05, 0) is 50.4 Å². The topological polar surface area (TPSA) is 29.1 Å². The quantitative estimate of drug-likeness (QED) is 0.790. The minimum absolute atomic E-state index is 0.339. The summed E-state index contributed by atoms with van der Waals surface area (Å²) in [5, 5.41) is 3.43. The van der Waals surface area contributed by atoms with Gasteiger partial charge in [-0.25, -0.2) is 0 Å². The van der Waals surface area contributed by atoms with Crippen LogP contribution in [0.2, 0.25) is 0 Å². The Kier molecular flexibility index (Phi) is 5.60. The van der Waals surface area contributed by atoms with Crippen molar-refractivity contribution in [3.8, 4) is 0 Å². The van der Waals surface area contributed by atoms with Crippen molar-refractivity contribution in [3.05, 3.63) is 0 Å². The maximum atomic E-state index is 13.0. The Hall–Kier alpha value is -0.530. The summed E-state index contributed by atoms with van der Waals surface area (Å²) in [5.74, 6) is 2.14. The second kappa shape index (κ2) is 7.65. The second-order valence-electron chi connectivity index (χ2n) is 7.81. The van der Waals surface area contributed by atoms with Gasteiger partial charge < -0.3 is 5.32 Å². The number of nitrogens with one attached hydrogen (secondary N) is 1. The van der Waals surface area contributed by atoms with Crippen LogP contribution in [0.1, 0.15) is 89.9 Å². The fourth-order valence-corrected chi connectivity index (χ4v) is 5.17. The van der Waals surface area contributed by atoms with Crippen molar-refractivity contribution in [2.24, 2.45) is 17.8 Å². The molecule has 3 saturated carbocycles. The molecule has 2 heteroatoms. The molecule has 120 valence electrons. The number of hydrogen-bond donors (Lipinski definition) is 1. The average molecular weight is 291 g/mol. The first-order chi connectivity index (χ1) is 10.3. The molecule has 0 saturated heterocycles. The van der Waals surface area contributed by atoms with Gasteiger partial charge in [0, 0.05) is 12.0 Å². The highest BCUT2D eigenvalue weighted by atomic mass is 16.2. The Labute approximate surface area is 130 Å². The molecule has 3 aliphatic carbocycles. The fraction of sp³-hybridized carbons (Fsp3) is 0.947. The van der Waals surface area contributed by atoms with Gasteiger partial charge in [0.15, 0.2) is 0 Å². The monoisotopic (exact) mass is 291 g/mol. The van der Waals surface area contributed by atoms with Gasteiger partial charge in [-0.1, -0.05) is 51.4 Å². The highest BCUT2D eigenvalue weighted by molar-refractivity contribution is 5.79. The fourth-order valence-electron chi connectivity index (χ4n) is 5.17. The van der Waals surface area contributed by atoms with Crippen LogP contribution >= 0.6 is 0 Å². The molecule has 3 rings (SSSR count). The maximum absolute atomic E-state index is 13.0. The molecule has 0 radical (unpaired) electrons. The predicted octanol–water partition coefficient (Wildman–Crippen LogP) is 4.82. The molecule has 0 spiro atoms. The van der Waals surface area contributed by atoms with Crippen LogP contribution in [-0.4, -0.2) is 11.9 Å². The largest absolute Gasteiger partial charge is 0.353 e. The number of amides is 1. The van der Waals surface area contributed by atoms with Crippen molar-refractivity contribution in [2.75, 3.05) is 0 Å². The van der Waals surface area contributed by atoms with E-state index in [0.717, 1.165) is 0 Å². The molecule has 1 amide bonds. The number of rotatable bonds is 4. The van der Waals surface area contributed by atoms with Crippen LogP contribution in [0.4, 0.5) is 0 Å². The maximum Gasteiger partial charge on any atom is 0.223 e. The Morgan fingerprint density at radius 1 is 0.667 bits per heavy atom. The molecular weight excluding hydrogens is 258 g/mol. The molecule has 3 fully saturated rings. The van der Waals surface area contributed by atoms with E-state index in [0.29, 0.717) is 29.7 Å². The molecule has 0 unspecified atom stereocenters. The summed E-state index contributed by atoms with van der Waals surface area (Å²) in [5.41, 5.74) is 0. The third kappa shape index (κ3) is 4.02. The first-order valence-electron chi connectivity index (χ1n) is 9.65. The molecule has 2 nitrogen and oxygen atoms in total. The summed E-state index contributed by atoms with van der Waals surface area (Å²) in [6, 6.07) is 0.493. The predicted molar refractivity (Wildman–Crippen MR) is 87.0 cm³/mol. The first-order valence-corrected chi connectivity index (χ1v) is 9.65. The smallest absolute Gasteiger partial charge is 0.223 e. The molecule has 3 aliphatic rings. The van der Waals surface area contributed by atoms with Crippen LogP contribution in [0, 0.1) is 17.8 Å². The van der Waals surface area contributed by atoms with Gasteiger partial charge in [0.05, 0.1) is 0 Å². The lowest BCUT2D eigenvalue weighted by molar-refractivity contribution is -0.130. The van der Waals surface area contributed by atoms with Crippen LogP contribution < -0.4 is 5.32 Å². The van der Waals surface area contributed by atoms with E-state index in [-0.39, 0.29) is 0 Å². The van der Waals surface area contributed by atoms with E-state index in [4.69, 9.17) is 0 Å². The van der Waals surface area contributed by atoms with Crippen LogP contribution in [0.15, 0.2) is 0 Å². The zero-order chi connectivity index (χ0) is 14.5. The van der Waals surface area contributed by atoms with Crippen LogP contribution in [-0.2, 0) is 4.79 Å². The summed E-state index contributed by atoms with van der Waals surface area (Å²) >= 11 is 0. The summed E-state index contributed by atoms with van der Waals surface area (Å²) in [4.78, 5) is 13.0.